The fourth-order valence-corrected chi connectivity index (χ4v) is 0.380. The van der Waals surface area contributed by atoms with Crippen LogP contribution in [0.1, 0.15) is 13.8 Å². The highest BCUT2D eigenvalue weighted by Crippen LogP contribution is 1.77. The van der Waals surface area contributed by atoms with Gasteiger partial charge in [-0.2, -0.15) is 0 Å². The van der Waals surface area contributed by atoms with Crippen molar-refractivity contribution in [2.45, 2.75) is 19.9 Å². The molecule has 0 aromatic rings. The van der Waals surface area contributed by atoms with Crippen LogP contribution in [-0.2, 0) is 4.79 Å². The van der Waals surface area contributed by atoms with Crippen molar-refractivity contribution >= 4 is 5.97 Å². The molecule has 10 heavy (non-hydrogen) atoms. The lowest BCUT2D eigenvalue weighted by molar-refractivity contribution is -0.138. The van der Waals surface area contributed by atoms with E-state index in [9.17, 15) is 4.79 Å². The minimum absolute atomic E-state index is 0.434. The van der Waals surface area contributed by atoms with Gasteiger partial charge in [0.1, 0.15) is 6.04 Å². The molecule has 0 rings (SSSR count). The number of rotatable bonds is 3. The molecule has 0 unspecified atom stereocenters. The number of carbonyl (C=O) groups is 1. The Bertz CT molecular complexity index is 166. The number of hydrogen-bond acceptors (Lipinski definition) is 2. The first-order valence-electron chi connectivity index (χ1n) is 3.04. The molecule has 2 N–H and O–H groups in total. The molecule has 0 aromatic heterocycles. The van der Waals surface area contributed by atoms with Crippen LogP contribution in [0.3, 0.4) is 0 Å². The van der Waals surface area contributed by atoms with Crippen LogP contribution >= 0.6 is 0 Å². The molecule has 0 fully saturated rings. The van der Waals surface area contributed by atoms with Gasteiger partial charge < -0.3 is 5.11 Å². The third-order valence-electron chi connectivity index (χ3n) is 1.04. The molecule has 3 nitrogen and oxygen atoms in total. The lowest BCUT2D eigenvalue weighted by atomic mass is 10.3. The van der Waals surface area contributed by atoms with Crippen molar-refractivity contribution in [2.75, 3.05) is 6.54 Å². The molecule has 0 saturated heterocycles. The van der Waals surface area contributed by atoms with Crippen LogP contribution in [0.15, 0.2) is 0 Å². The van der Waals surface area contributed by atoms with Crippen molar-refractivity contribution in [1.82, 2.24) is 5.32 Å². The number of hydrogen-bond donors (Lipinski definition) is 2. The second kappa shape index (κ2) is 4.83. The van der Waals surface area contributed by atoms with Gasteiger partial charge in [0.2, 0.25) is 0 Å². The van der Waals surface area contributed by atoms with E-state index in [1.54, 1.807) is 13.8 Å². The standard InChI is InChI=1S/C7H11NO2/c1-3-4-5-8-6(2)7(9)10/h6,8H,5H2,1-2H3,(H,9,10)/t6-/m1/s1. The monoisotopic (exact) mass is 141 g/mol. The van der Waals surface area contributed by atoms with E-state index in [-0.39, 0.29) is 0 Å². The second-order valence-electron chi connectivity index (χ2n) is 1.87. The van der Waals surface area contributed by atoms with E-state index in [0.29, 0.717) is 6.54 Å². The summed E-state index contributed by atoms with van der Waals surface area (Å²) in [6, 6.07) is -0.513. The Balaban J connectivity index is 3.46. The molecular weight excluding hydrogens is 130 g/mol. The van der Waals surface area contributed by atoms with Gasteiger partial charge in [-0.25, -0.2) is 0 Å². The van der Waals surface area contributed by atoms with Crippen molar-refractivity contribution in [3.05, 3.63) is 0 Å². The van der Waals surface area contributed by atoms with Gasteiger partial charge in [-0.1, -0.05) is 5.92 Å². The fraction of sp³-hybridized carbons (Fsp3) is 0.571. The largest absolute Gasteiger partial charge is 0.480 e. The minimum atomic E-state index is -0.849. The quantitative estimate of drug-likeness (QED) is 0.547. The number of aliphatic carboxylic acids is 1. The van der Waals surface area contributed by atoms with Gasteiger partial charge in [0, 0.05) is 0 Å². The first-order chi connectivity index (χ1) is 4.68. The minimum Gasteiger partial charge on any atom is -0.480 e. The van der Waals surface area contributed by atoms with Crippen LogP contribution < -0.4 is 5.32 Å². The third kappa shape index (κ3) is 3.93. The molecule has 3 heteroatoms. The summed E-state index contributed by atoms with van der Waals surface area (Å²) in [5, 5.41) is 11.1. The Hall–Kier alpha value is -1.01. The highest BCUT2D eigenvalue weighted by Gasteiger charge is 2.06. The fourth-order valence-electron chi connectivity index (χ4n) is 0.380. The number of carboxylic acids is 1. The van der Waals surface area contributed by atoms with Crippen LogP contribution in [0, 0.1) is 11.8 Å². The topological polar surface area (TPSA) is 49.3 Å². The van der Waals surface area contributed by atoms with Crippen LogP contribution in [0.25, 0.3) is 0 Å². The zero-order chi connectivity index (χ0) is 7.98. The van der Waals surface area contributed by atoms with Gasteiger partial charge in [-0.15, -0.1) is 5.92 Å². The van der Waals surface area contributed by atoms with Crippen molar-refractivity contribution < 1.29 is 9.90 Å². The number of carboxylic acid groups (broad SMARTS) is 1. The Kier molecular flexibility index (Phi) is 4.34. The molecule has 1 atom stereocenters. The average Bonchev–Trinajstić information content (AvgIpc) is 1.88. The molecular formula is C7H11NO2. The van der Waals surface area contributed by atoms with E-state index >= 15 is 0 Å². The Morgan fingerprint density at radius 1 is 1.80 bits per heavy atom. The maximum absolute atomic E-state index is 10.2. The van der Waals surface area contributed by atoms with Gasteiger partial charge >= 0.3 is 5.97 Å². The van der Waals surface area contributed by atoms with Crippen molar-refractivity contribution in [3.8, 4) is 11.8 Å². The summed E-state index contributed by atoms with van der Waals surface area (Å²) in [6.07, 6.45) is 0. The molecule has 0 bridgehead atoms. The van der Waals surface area contributed by atoms with Crippen LogP contribution in [0.5, 0.6) is 0 Å². The van der Waals surface area contributed by atoms with Gasteiger partial charge in [0.25, 0.3) is 0 Å². The molecule has 0 radical (unpaired) electrons. The van der Waals surface area contributed by atoms with Crippen LogP contribution in [-0.4, -0.2) is 23.7 Å². The smallest absolute Gasteiger partial charge is 0.320 e. The average molecular weight is 141 g/mol. The molecule has 56 valence electrons. The zero-order valence-electron chi connectivity index (χ0n) is 6.14. The highest BCUT2D eigenvalue weighted by molar-refractivity contribution is 5.72. The molecule has 0 aliphatic carbocycles. The molecule has 0 aliphatic rings. The summed E-state index contributed by atoms with van der Waals surface area (Å²) in [5.74, 6) is 4.52. The summed E-state index contributed by atoms with van der Waals surface area (Å²) < 4.78 is 0. The van der Waals surface area contributed by atoms with E-state index in [0.717, 1.165) is 0 Å². The molecule has 0 amide bonds. The zero-order valence-corrected chi connectivity index (χ0v) is 6.14. The maximum Gasteiger partial charge on any atom is 0.320 e. The second-order valence-corrected chi connectivity index (χ2v) is 1.87. The Labute approximate surface area is 60.4 Å². The Morgan fingerprint density at radius 3 is 2.80 bits per heavy atom. The lowest BCUT2D eigenvalue weighted by Crippen LogP contribution is -2.33. The molecule has 0 heterocycles. The molecule has 0 aromatic carbocycles. The van der Waals surface area contributed by atoms with Crippen LogP contribution in [0.2, 0.25) is 0 Å². The van der Waals surface area contributed by atoms with Crippen molar-refractivity contribution in [1.29, 1.82) is 0 Å². The summed E-state index contributed by atoms with van der Waals surface area (Å²) >= 11 is 0. The first-order valence-corrected chi connectivity index (χ1v) is 3.04. The normalized spacial score (nSPS) is 11.4. The van der Waals surface area contributed by atoms with E-state index in [1.165, 1.54) is 0 Å². The van der Waals surface area contributed by atoms with Crippen molar-refractivity contribution in [3.63, 3.8) is 0 Å². The molecule has 0 spiro atoms. The number of nitrogens with one attached hydrogen (secondary N) is 1. The molecule has 0 aliphatic heterocycles. The van der Waals surface area contributed by atoms with Gasteiger partial charge in [0.05, 0.1) is 6.54 Å². The summed E-state index contributed by atoms with van der Waals surface area (Å²) in [7, 11) is 0. The lowest BCUT2D eigenvalue weighted by Gasteiger charge is -2.03. The summed E-state index contributed by atoms with van der Waals surface area (Å²) in [4.78, 5) is 10.2. The third-order valence-corrected chi connectivity index (χ3v) is 1.04. The molecule has 0 saturated carbocycles. The van der Waals surface area contributed by atoms with E-state index in [4.69, 9.17) is 5.11 Å². The van der Waals surface area contributed by atoms with E-state index < -0.39 is 12.0 Å². The van der Waals surface area contributed by atoms with E-state index in [2.05, 4.69) is 17.2 Å². The van der Waals surface area contributed by atoms with Gasteiger partial charge in [-0.05, 0) is 13.8 Å². The first kappa shape index (κ1) is 8.99. The SMILES string of the molecule is CC#CCN[C@H](C)C(=O)O. The Morgan fingerprint density at radius 2 is 2.40 bits per heavy atom. The summed E-state index contributed by atoms with van der Waals surface area (Å²) in [5.41, 5.74) is 0. The van der Waals surface area contributed by atoms with Gasteiger partial charge in [-0.3, -0.25) is 10.1 Å². The predicted molar refractivity (Wildman–Crippen MR) is 38.6 cm³/mol. The predicted octanol–water partition coefficient (Wildman–Crippen LogP) is 0.0724. The van der Waals surface area contributed by atoms with E-state index in [1.807, 2.05) is 0 Å². The van der Waals surface area contributed by atoms with Crippen molar-refractivity contribution in [2.24, 2.45) is 0 Å². The van der Waals surface area contributed by atoms with Gasteiger partial charge in [0.15, 0.2) is 0 Å². The highest BCUT2D eigenvalue weighted by atomic mass is 16.4. The maximum atomic E-state index is 10.2. The van der Waals surface area contributed by atoms with Crippen LogP contribution in [0.4, 0.5) is 0 Å². The summed E-state index contributed by atoms with van der Waals surface area (Å²) in [6.45, 7) is 3.73.